The first-order chi connectivity index (χ1) is 11.0. The number of phenolic OH excluding ortho intramolecular Hbond substituents is 1. The van der Waals surface area contributed by atoms with Crippen molar-refractivity contribution in [1.82, 2.24) is 5.43 Å². The van der Waals surface area contributed by atoms with Gasteiger partial charge in [-0.3, -0.25) is 9.59 Å². The maximum absolute atomic E-state index is 11.7. The summed E-state index contributed by atoms with van der Waals surface area (Å²) < 4.78 is 0. The SMILES string of the molecule is O=C(N/N=C\c1ccccc1O)C(=O)Nc1ccc(Cl)c(Cl)c1. The lowest BCUT2D eigenvalue weighted by atomic mass is 10.2. The van der Waals surface area contributed by atoms with Crippen molar-refractivity contribution in [2.24, 2.45) is 5.10 Å². The van der Waals surface area contributed by atoms with E-state index >= 15 is 0 Å². The largest absolute Gasteiger partial charge is 0.507 e. The van der Waals surface area contributed by atoms with Crippen LogP contribution in [0.15, 0.2) is 47.6 Å². The van der Waals surface area contributed by atoms with Gasteiger partial charge in [-0.25, -0.2) is 5.43 Å². The number of hydrogen-bond acceptors (Lipinski definition) is 4. The number of carbonyl (C=O) groups excluding carboxylic acids is 2. The number of halogens is 2. The summed E-state index contributed by atoms with van der Waals surface area (Å²) in [6.45, 7) is 0. The van der Waals surface area contributed by atoms with Crippen molar-refractivity contribution in [2.45, 2.75) is 0 Å². The van der Waals surface area contributed by atoms with Crippen LogP contribution in [0.25, 0.3) is 0 Å². The average molecular weight is 352 g/mol. The second-order valence-electron chi connectivity index (χ2n) is 4.34. The zero-order valence-corrected chi connectivity index (χ0v) is 13.1. The van der Waals surface area contributed by atoms with Gasteiger partial charge in [-0.05, 0) is 30.3 Å². The summed E-state index contributed by atoms with van der Waals surface area (Å²) in [6.07, 6.45) is 1.22. The summed E-state index contributed by atoms with van der Waals surface area (Å²) in [5.41, 5.74) is 2.78. The van der Waals surface area contributed by atoms with E-state index in [1.807, 2.05) is 0 Å². The highest BCUT2D eigenvalue weighted by atomic mass is 35.5. The molecule has 2 aromatic carbocycles. The van der Waals surface area contributed by atoms with Gasteiger partial charge in [-0.1, -0.05) is 35.3 Å². The third-order valence-electron chi connectivity index (χ3n) is 2.69. The van der Waals surface area contributed by atoms with Crippen molar-refractivity contribution < 1.29 is 14.7 Å². The zero-order chi connectivity index (χ0) is 16.8. The Morgan fingerprint density at radius 1 is 1.04 bits per heavy atom. The molecule has 0 aliphatic carbocycles. The molecule has 0 bridgehead atoms. The number of benzene rings is 2. The molecule has 0 aliphatic heterocycles. The van der Waals surface area contributed by atoms with Crippen molar-refractivity contribution in [1.29, 1.82) is 0 Å². The second-order valence-corrected chi connectivity index (χ2v) is 5.16. The Hall–Kier alpha value is -2.57. The predicted octanol–water partition coefficient (Wildman–Crippen LogP) is 2.79. The third kappa shape index (κ3) is 4.70. The van der Waals surface area contributed by atoms with E-state index in [1.54, 1.807) is 18.2 Å². The van der Waals surface area contributed by atoms with Gasteiger partial charge in [0.2, 0.25) is 0 Å². The summed E-state index contributed by atoms with van der Waals surface area (Å²) in [4.78, 5) is 23.3. The van der Waals surface area contributed by atoms with Crippen LogP contribution < -0.4 is 10.7 Å². The molecule has 0 aromatic heterocycles. The fourth-order valence-electron chi connectivity index (χ4n) is 1.57. The molecule has 3 N–H and O–H groups in total. The third-order valence-corrected chi connectivity index (χ3v) is 3.43. The van der Waals surface area contributed by atoms with E-state index in [-0.39, 0.29) is 10.8 Å². The van der Waals surface area contributed by atoms with E-state index in [1.165, 1.54) is 30.5 Å². The molecule has 0 saturated heterocycles. The second kappa shape index (κ2) is 7.62. The van der Waals surface area contributed by atoms with Gasteiger partial charge < -0.3 is 10.4 Å². The number of para-hydroxylation sites is 1. The Bertz CT molecular complexity index is 778. The Labute approximate surface area is 141 Å². The molecular weight excluding hydrogens is 341 g/mol. The summed E-state index contributed by atoms with van der Waals surface area (Å²) in [5.74, 6) is -1.88. The lowest BCUT2D eigenvalue weighted by Crippen LogP contribution is -2.32. The van der Waals surface area contributed by atoms with Crippen molar-refractivity contribution in [3.05, 3.63) is 58.1 Å². The first kappa shape index (κ1) is 16.8. The number of nitrogens with zero attached hydrogens (tertiary/aromatic N) is 1. The van der Waals surface area contributed by atoms with E-state index in [0.29, 0.717) is 16.3 Å². The molecule has 23 heavy (non-hydrogen) atoms. The average Bonchev–Trinajstić information content (AvgIpc) is 2.52. The number of carbonyl (C=O) groups is 2. The molecule has 0 radical (unpaired) electrons. The van der Waals surface area contributed by atoms with Crippen LogP contribution in [-0.2, 0) is 9.59 Å². The normalized spacial score (nSPS) is 10.5. The van der Waals surface area contributed by atoms with Crippen molar-refractivity contribution >= 4 is 46.9 Å². The molecule has 0 atom stereocenters. The highest BCUT2D eigenvalue weighted by molar-refractivity contribution is 6.42. The first-order valence-electron chi connectivity index (χ1n) is 6.35. The fraction of sp³-hybridized carbons (Fsp3) is 0. The molecule has 0 aliphatic rings. The van der Waals surface area contributed by atoms with Crippen LogP contribution in [-0.4, -0.2) is 23.1 Å². The number of amides is 2. The van der Waals surface area contributed by atoms with Gasteiger partial charge in [0.15, 0.2) is 0 Å². The molecule has 6 nitrogen and oxygen atoms in total. The van der Waals surface area contributed by atoms with Gasteiger partial charge in [-0.15, -0.1) is 0 Å². The Balaban J connectivity index is 1.94. The maximum atomic E-state index is 11.7. The van der Waals surface area contributed by atoms with Gasteiger partial charge in [0, 0.05) is 11.3 Å². The number of phenols is 1. The molecular formula is C15H11Cl2N3O3. The highest BCUT2D eigenvalue weighted by Gasteiger charge is 2.13. The van der Waals surface area contributed by atoms with E-state index in [4.69, 9.17) is 23.2 Å². The topological polar surface area (TPSA) is 90.8 Å². The molecule has 2 aromatic rings. The van der Waals surface area contributed by atoms with E-state index in [0.717, 1.165) is 0 Å². The van der Waals surface area contributed by atoms with E-state index in [2.05, 4.69) is 15.8 Å². The summed E-state index contributed by atoms with van der Waals surface area (Å²) in [7, 11) is 0. The van der Waals surface area contributed by atoms with Gasteiger partial charge in [-0.2, -0.15) is 5.10 Å². The van der Waals surface area contributed by atoms with Crippen LogP contribution in [0, 0.1) is 0 Å². The van der Waals surface area contributed by atoms with Gasteiger partial charge >= 0.3 is 11.8 Å². The minimum Gasteiger partial charge on any atom is -0.507 e. The minimum atomic E-state index is -0.970. The first-order valence-corrected chi connectivity index (χ1v) is 7.10. The molecule has 2 rings (SSSR count). The van der Waals surface area contributed by atoms with Crippen LogP contribution in [0.5, 0.6) is 5.75 Å². The number of hydrogen-bond donors (Lipinski definition) is 3. The Morgan fingerprint density at radius 3 is 2.48 bits per heavy atom. The lowest BCUT2D eigenvalue weighted by molar-refractivity contribution is -0.136. The molecule has 0 heterocycles. The number of anilines is 1. The Morgan fingerprint density at radius 2 is 1.78 bits per heavy atom. The summed E-state index contributed by atoms with van der Waals surface area (Å²) in [6, 6.07) is 10.8. The van der Waals surface area contributed by atoms with Crippen molar-refractivity contribution in [3.63, 3.8) is 0 Å². The van der Waals surface area contributed by atoms with Crippen LogP contribution in [0.4, 0.5) is 5.69 Å². The van der Waals surface area contributed by atoms with Gasteiger partial charge in [0.05, 0.1) is 16.3 Å². The predicted molar refractivity (Wildman–Crippen MR) is 88.9 cm³/mol. The fourth-order valence-corrected chi connectivity index (χ4v) is 1.87. The van der Waals surface area contributed by atoms with E-state index in [9.17, 15) is 14.7 Å². The van der Waals surface area contributed by atoms with Crippen molar-refractivity contribution in [3.8, 4) is 5.75 Å². The summed E-state index contributed by atoms with van der Waals surface area (Å²) >= 11 is 11.6. The van der Waals surface area contributed by atoms with E-state index < -0.39 is 11.8 Å². The van der Waals surface area contributed by atoms with Crippen molar-refractivity contribution in [2.75, 3.05) is 5.32 Å². The quantitative estimate of drug-likeness (QED) is 0.451. The highest BCUT2D eigenvalue weighted by Crippen LogP contribution is 2.24. The van der Waals surface area contributed by atoms with Crippen LogP contribution in [0.1, 0.15) is 5.56 Å². The molecule has 0 saturated carbocycles. The van der Waals surface area contributed by atoms with Crippen LogP contribution in [0.3, 0.4) is 0 Å². The molecule has 8 heteroatoms. The molecule has 2 amide bonds. The van der Waals surface area contributed by atoms with Crippen LogP contribution in [0.2, 0.25) is 10.0 Å². The number of hydrazone groups is 1. The monoisotopic (exact) mass is 351 g/mol. The maximum Gasteiger partial charge on any atom is 0.329 e. The molecule has 118 valence electrons. The molecule has 0 unspecified atom stereocenters. The number of aromatic hydroxyl groups is 1. The number of nitrogens with one attached hydrogen (secondary N) is 2. The lowest BCUT2D eigenvalue weighted by Gasteiger charge is -2.05. The summed E-state index contributed by atoms with van der Waals surface area (Å²) in [5, 5.41) is 16.1. The standard InChI is InChI=1S/C15H11Cl2N3O3/c16-11-6-5-10(7-12(11)17)19-14(22)15(23)20-18-8-9-3-1-2-4-13(9)21/h1-8,21H,(H,19,22)(H,20,23)/b18-8-. The Kier molecular flexibility index (Phi) is 5.56. The zero-order valence-electron chi connectivity index (χ0n) is 11.6. The van der Waals surface area contributed by atoms with Gasteiger partial charge in [0.1, 0.15) is 5.75 Å². The molecule has 0 spiro atoms. The smallest absolute Gasteiger partial charge is 0.329 e. The molecule has 0 fully saturated rings. The minimum absolute atomic E-state index is 0.00533. The van der Waals surface area contributed by atoms with Crippen LogP contribution >= 0.6 is 23.2 Å². The number of rotatable bonds is 3. The van der Waals surface area contributed by atoms with Gasteiger partial charge in [0.25, 0.3) is 0 Å².